The third-order valence-corrected chi connectivity index (χ3v) is 5.02. The number of hydrogen-bond acceptors (Lipinski definition) is 4. The summed E-state index contributed by atoms with van der Waals surface area (Å²) >= 11 is 0. The normalized spacial score (nSPS) is 13.8. The molecule has 0 saturated heterocycles. The van der Waals surface area contributed by atoms with Crippen molar-refractivity contribution in [1.82, 2.24) is 15.5 Å². The van der Waals surface area contributed by atoms with Crippen LogP contribution in [0.4, 0.5) is 4.39 Å². The average molecular weight is 395 g/mol. The van der Waals surface area contributed by atoms with Crippen LogP contribution in [0.25, 0.3) is 23.1 Å². The van der Waals surface area contributed by atoms with E-state index < -0.39 is 5.82 Å². The number of fused-ring (bicyclic) bond motifs is 1. The van der Waals surface area contributed by atoms with Crippen LogP contribution in [0.1, 0.15) is 34.5 Å². The summed E-state index contributed by atoms with van der Waals surface area (Å²) in [4.78, 5) is 12.6. The van der Waals surface area contributed by atoms with Gasteiger partial charge in [0.25, 0.3) is 5.91 Å². The first-order valence-electron chi connectivity index (χ1n) is 9.45. The van der Waals surface area contributed by atoms with Gasteiger partial charge in [0.05, 0.1) is 36.4 Å². The molecule has 0 aliphatic heterocycles. The van der Waals surface area contributed by atoms with E-state index in [-0.39, 0.29) is 11.7 Å². The average Bonchev–Trinajstić information content (AvgIpc) is 3.48. The Balaban J connectivity index is 1.67. The van der Waals surface area contributed by atoms with Gasteiger partial charge in [0.2, 0.25) is 0 Å². The Kier molecular flexibility index (Phi) is 5.20. The number of benzene rings is 2. The summed E-state index contributed by atoms with van der Waals surface area (Å²) in [6.07, 6.45) is 5.97. The number of aromatic amines is 1. The van der Waals surface area contributed by atoms with Gasteiger partial charge in [0.1, 0.15) is 5.75 Å². The zero-order chi connectivity index (χ0) is 20.4. The lowest BCUT2D eigenvalue weighted by molar-refractivity contribution is 0.0949. The van der Waals surface area contributed by atoms with Gasteiger partial charge in [0, 0.05) is 6.54 Å². The van der Waals surface area contributed by atoms with E-state index in [9.17, 15) is 9.18 Å². The molecule has 7 heteroatoms. The lowest BCUT2D eigenvalue weighted by Crippen LogP contribution is -2.26. The van der Waals surface area contributed by atoms with E-state index in [1.165, 1.54) is 33.1 Å². The standard InChI is InChI=1S/C22H22FN3O3/c1-28-19-11-13(5-8-16(19)23)6-9-17-20-18(26-25-17)10-7-15(21(20)29-2)22(27)24-12-14-3-4-14/h5-11,14H,3-4,12H2,1-2H3,(H,24,27)(H,25,26)/b9-6+. The number of ether oxygens (including phenoxy) is 2. The molecule has 2 N–H and O–H groups in total. The molecule has 0 bridgehead atoms. The second-order valence-corrected chi connectivity index (χ2v) is 7.06. The first-order chi connectivity index (χ1) is 14.1. The predicted molar refractivity (Wildman–Crippen MR) is 110 cm³/mol. The zero-order valence-electron chi connectivity index (χ0n) is 16.3. The van der Waals surface area contributed by atoms with Gasteiger partial charge in [-0.15, -0.1) is 0 Å². The maximum Gasteiger partial charge on any atom is 0.255 e. The van der Waals surface area contributed by atoms with E-state index in [1.807, 2.05) is 12.2 Å². The first-order valence-corrected chi connectivity index (χ1v) is 9.45. The van der Waals surface area contributed by atoms with E-state index in [1.54, 1.807) is 24.3 Å². The fraction of sp³-hybridized carbons (Fsp3) is 0.273. The summed E-state index contributed by atoms with van der Waals surface area (Å²) in [7, 11) is 2.97. The Bertz CT molecular complexity index is 1090. The first kappa shape index (κ1) is 19.0. The van der Waals surface area contributed by atoms with Crippen LogP contribution in [0.3, 0.4) is 0 Å². The highest BCUT2D eigenvalue weighted by Crippen LogP contribution is 2.33. The van der Waals surface area contributed by atoms with Crippen molar-refractivity contribution >= 4 is 29.0 Å². The number of H-pyrrole nitrogens is 1. The molecule has 3 aromatic rings. The largest absolute Gasteiger partial charge is 0.495 e. The molecule has 0 atom stereocenters. The van der Waals surface area contributed by atoms with Crippen LogP contribution in [0.5, 0.6) is 11.5 Å². The molecule has 1 aliphatic carbocycles. The fourth-order valence-corrected chi connectivity index (χ4v) is 3.23. The number of halogens is 1. The zero-order valence-corrected chi connectivity index (χ0v) is 16.3. The Morgan fingerprint density at radius 1 is 1.24 bits per heavy atom. The summed E-state index contributed by atoms with van der Waals surface area (Å²) < 4.78 is 24.2. The van der Waals surface area contributed by atoms with E-state index in [0.29, 0.717) is 35.0 Å². The molecule has 150 valence electrons. The molecule has 0 unspecified atom stereocenters. The predicted octanol–water partition coefficient (Wildman–Crippen LogP) is 4.03. The minimum absolute atomic E-state index is 0.157. The minimum atomic E-state index is -0.417. The number of carbonyl (C=O) groups excluding carboxylic acids is 1. The molecule has 0 radical (unpaired) electrons. The van der Waals surface area contributed by atoms with Crippen molar-refractivity contribution in [2.45, 2.75) is 12.8 Å². The molecular weight excluding hydrogens is 373 g/mol. The Morgan fingerprint density at radius 2 is 2.07 bits per heavy atom. The van der Waals surface area contributed by atoms with Gasteiger partial charge >= 0.3 is 0 Å². The van der Waals surface area contributed by atoms with Crippen molar-refractivity contribution in [2.24, 2.45) is 5.92 Å². The molecule has 0 spiro atoms. The van der Waals surface area contributed by atoms with Crippen molar-refractivity contribution < 1.29 is 18.7 Å². The summed E-state index contributed by atoms with van der Waals surface area (Å²) in [6, 6.07) is 8.13. The van der Waals surface area contributed by atoms with Crippen LogP contribution in [0.2, 0.25) is 0 Å². The van der Waals surface area contributed by atoms with Crippen LogP contribution in [0.15, 0.2) is 30.3 Å². The van der Waals surface area contributed by atoms with E-state index >= 15 is 0 Å². The van der Waals surface area contributed by atoms with Crippen LogP contribution in [-0.4, -0.2) is 36.9 Å². The Labute approximate surface area is 167 Å². The highest BCUT2D eigenvalue weighted by Gasteiger charge is 2.24. The number of carbonyl (C=O) groups is 1. The Morgan fingerprint density at radius 3 is 2.79 bits per heavy atom. The lowest BCUT2D eigenvalue weighted by Gasteiger charge is -2.10. The van der Waals surface area contributed by atoms with E-state index in [2.05, 4.69) is 15.5 Å². The van der Waals surface area contributed by atoms with Crippen LogP contribution >= 0.6 is 0 Å². The maximum atomic E-state index is 13.6. The second-order valence-electron chi connectivity index (χ2n) is 7.06. The number of nitrogens with zero attached hydrogens (tertiary/aromatic N) is 1. The molecule has 6 nitrogen and oxygen atoms in total. The molecule has 1 aliphatic rings. The Hall–Kier alpha value is -3.35. The molecule has 1 saturated carbocycles. The molecule has 4 rings (SSSR count). The fourth-order valence-electron chi connectivity index (χ4n) is 3.23. The van der Waals surface area contributed by atoms with Gasteiger partial charge in [-0.05, 0) is 54.7 Å². The topological polar surface area (TPSA) is 76.2 Å². The third-order valence-electron chi connectivity index (χ3n) is 5.02. The van der Waals surface area contributed by atoms with Gasteiger partial charge in [-0.25, -0.2) is 4.39 Å². The van der Waals surface area contributed by atoms with Gasteiger partial charge < -0.3 is 14.8 Å². The highest BCUT2D eigenvalue weighted by atomic mass is 19.1. The van der Waals surface area contributed by atoms with Crippen molar-refractivity contribution in [2.75, 3.05) is 20.8 Å². The molecular formula is C22H22FN3O3. The number of hydrogen-bond donors (Lipinski definition) is 2. The monoisotopic (exact) mass is 395 g/mol. The van der Waals surface area contributed by atoms with Crippen LogP contribution in [-0.2, 0) is 0 Å². The molecule has 1 amide bonds. The minimum Gasteiger partial charge on any atom is -0.495 e. The van der Waals surface area contributed by atoms with Crippen molar-refractivity contribution in [3.63, 3.8) is 0 Å². The number of amides is 1. The molecule has 1 aromatic heterocycles. The lowest BCUT2D eigenvalue weighted by atomic mass is 10.1. The quantitative estimate of drug-likeness (QED) is 0.633. The third kappa shape index (κ3) is 3.94. The van der Waals surface area contributed by atoms with Gasteiger partial charge in [0.15, 0.2) is 11.6 Å². The molecule has 1 fully saturated rings. The van der Waals surface area contributed by atoms with Crippen LogP contribution in [0, 0.1) is 11.7 Å². The number of nitrogens with one attached hydrogen (secondary N) is 2. The maximum absolute atomic E-state index is 13.6. The number of rotatable bonds is 7. The van der Waals surface area contributed by atoms with Crippen LogP contribution < -0.4 is 14.8 Å². The molecule has 2 aromatic carbocycles. The summed E-state index contributed by atoms with van der Waals surface area (Å²) in [5.41, 5.74) is 2.62. The number of methoxy groups -OCH3 is 2. The summed E-state index contributed by atoms with van der Waals surface area (Å²) in [5, 5.41) is 11.0. The van der Waals surface area contributed by atoms with Gasteiger partial charge in [-0.1, -0.05) is 12.1 Å². The molecule has 29 heavy (non-hydrogen) atoms. The van der Waals surface area contributed by atoms with E-state index in [4.69, 9.17) is 9.47 Å². The van der Waals surface area contributed by atoms with E-state index in [0.717, 1.165) is 10.9 Å². The van der Waals surface area contributed by atoms with Crippen molar-refractivity contribution in [1.29, 1.82) is 0 Å². The van der Waals surface area contributed by atoms with Gasteiger partial charge in [-0.3, -0.25) is 9.89 Å². The SMILES string of the molecule is COc1cc(/C=C/c2[nH]nc3ccc(C(=O)NCC4CC4)c(OC)c23)ccc1F. The smallest absolute Gasteiger partial charge is 0.255 e. The molecule has 1 heterocycles. The highest BCUT2D eigenvalue weighted by molar-refractivity contribution is 6.05. The summed E-state index contributed by atoms with van der Waals surface area (Å²) in [6.45, 7) is 0.685. The van der Waals surface area contributed by atoms with Gasteiger partial charge in [-0.2, -0.15) is 5.10 Å². The van der Waals surface area contributed by atoms with Crippen molar-refractivity contribution in [3.8, 4) is 11.5 Å². The van der Waals surface area contributed by atoms with Crippen molar-refractivity contribution in [3.05, 3.63) is 53.0 Å². The summed E-state index contributed by atoms with van der Waals surface area (Å²) in [5.74, 6) is 0.665. The second kappa shape index (κ2) is 7.95. The number of aromatic nitrogens is 2.